The lowest BCUT2D eigenvalue weighted by Gasteiger charge is -2.40. The Hall–Kier alpha value is -1.41. The van der Waals surface area contributed by atoms with Crippen molar-refractivity contribution in [3.05, 3.63) is 24.3 Å². The van der Waals surface area contributed by atoms with Gasteiger partial charge < -0.3 is 50.5 Å². The van der Waals surface area contributed by atoms with Crippen molar-refractivity contribution < 1.29 is 50.0 Å². The van der Waals surface area contributed by atoms with Gasteiger partial charge in [-0.3, -0.25) is 4.79 Å². The predicted octanol–water partition coefficient (Wildman–Crippen LogP) is 13.3. The minimum absolute atomic E-state index is 0.256. The number of carbonyl (C=O) groups is 1. The van der Waals surface area contributed by atoms with Gasteiger partial charge in [0.05, 0.1) is 25.4 Å². The number of hydrogen-bond donors (Lipinski definition) is 8. The van der Waals surface area contributed by atoms with Gasteiger partial charge in [-0.2, -0.15) is 0 Å². The molecule has 8 N–H and O–H groups in total. The smallest absolute Gasteiger partial charge is 0.249 e. The number of carbonyl (C=O) groups excluding carboxylic acids is 1. The van der Waals surface area contributed by atoms with Gasteiger partial charge in [0.2, 0.25) is 5.91 Å². The monoisotopic (exact) mass is 1020 g/mol. The predicted molar refractivity (Wildman–Crippen MR) is 298 cm³/mol. The molecule has 0 bridgehead atoms. The molecule has 0 aromatic rings. The lowest BCUT2D eigenvalue weighted by atomic mass is 9.98. The van der Waals surface area contributed by atoms with Crippen LogP contribution in [0.15, 0.2) is 24.3 Å². The summed E-state index contributed by atoms with van der Waals surface area (Å²) >= 11 is 0. The van der Waals surface area contributed by atoms with Crippen LogP contribution in [-0.2, 0) is 14.3 Å². The zero-order valence-electron chi connectivity index (χ0n) is 46.7. The summed E-state index contributed by atoms with van der Waals surface area (Å²) in [6.45, 7) is 3.47. The summed E-state index contributed by atoms with van der Waals surface area (Å²) in [6, 6.07) is -1.18. The van der Waals surface area contributed by atoms with E-state index in [0.717, 1.165) is 38.5 Å². The molecule has 9 atom stereocenters. The number of nitrogens with one attached hydrogen (secondary N) is 1. The van der Waals surface area contributed by atoms with Crippen LogP contribution in [0.5, 0.6) is 0 Å². The molecule has 1 amide bonds. The van der Waals surface area contributed by atoms with Crippen LogP contribution < -0.4 is 5.32 Å². The summed E-state index contributed by atoms with van der Waals surface area (Å²) in [5.41, 5.74) is 0. The second-order valence-corrected chi connectivity index (χ2v) is 21.8. The van der Waals surface area contributed by atoms with Gasteiger partial charge in [0.1, 0.15) is 36.6 Å². The fourth-order valence-electron chi connectivity index (χ4n) is 9.97. The van der Waals surface area contributed by atoms with Crippen LogP contribution in [0.4, 0.5) is 0 Å². The normalized spacial score (nSPS) is 20.2. The van der Waals surface area contributed by atoms with Gasteiger partial charge in [0, 0.05) is 0 Å². The molecular formula is C61H117NO10. The number of rotatable bonds is 53. The van der Waals surface area contributed by atoms with Crippen LogP contribution in [0.2, 0.25) is 0 Å². The summed E-state index contributed by atoms with van der Waals surface area (Å²) in [4.78, 5) is 13.2. The highest BCUT2D eigenvalue weighted by Crippen LogP contribution is 2.23. The summed E-state index contributed by atoms with van der Waals surface area (Å²) in [6.07, 6.45) is 49.7. The van der Waals surface area contributed by atoms with Crippen molar-refractivity contribution in [2.75, 3.05) is 13.2 Å². The lowest BCUT2D eigenvalue weighted by Crippen LogP contribution is -2.60. The maximum absolute atomic E-state index is 13.2. The Morgan fingerprint density at radius 3 is 1.19 bits per heavy atom. The highest BCUT2D eigenvalue weighted by Gasteiger charge is 2.44. The van der Waals surface area contributed by atoms with Crippen LogP contribution in [0, 0.1) is 0 Å². The van der Waals surface area contributed by atoms with E-state index in [1.807, 2.05) is 0 Å². The highest BCUT2D eigenvalue weighted by molar-refractivity contribution is 5.80. The summed E-state index contributed by atoms with van der Waals surface area (Å²) in [7, 11) is 0. The summed E-state index contributed by atoms with van der Waals surface area (Å²) < 4.78 is 11.1. The molecule has 1 rings (SSSR count). The Kier molecular flexibility index (Phi) is 48.0. The molecule has 1 heterocycles. The molecule has 72 heavy (non-hydrogen) atoms. The molecule has 1 fully saturated rings. The van der Waals surface area contributed by atoms with E-state index in [4.69, 9.17) is 9.47 Å². The first-order valence-electron chi connectivity index (χ1n) is 30.7. The Balaban J connectivity index is 2.22. The van der Waals surface area contributed by atoms with Gasteiger partial charge in [-0.15, -0.1) is 0 Å². The quantitative estimate of drug-likeness (QED) is 0.0215. The first-order valence-corrected chi connectivity index (χ1v) is 30.7. The first-order chi connectivity index (χ1) is 35.2. The number of ether oxygens (including phenoxy) is 2. The average Bonchev–Trinajstić information content (AvgIpc) is 3.38. The van der Waals surface area contributed by atoms with E-state index in [2.05, 4.69) is 43.5 Å². The van der Waals surface area contributed by atoms with Crippen LogP contribution >= 0.6 is 0 Å². The number of allylic oxidation sites excluding steroid dienone is 4. The largest absolute Gasteiger partial charge is 0.394 e. The minimum Gasteiger partial charge on any atom is -0.394 e. The van der Waals surface area contributed by atoms with Crippen LogP contribution in [-0.4, -0.2) is 110 Å². The van der Waals surface area contributed by atoms with E-state index >= 15 is 0 Å². The third-order valence-corrected chi connectivity index (χ3v) is 15.0. The topological polar surface area (TPSA) is 189 Å². The molecular weight excluding hydrogens is 907 g/mol. The third-order valence-electron chi connectivity index (χ3n) is 15.0. The Bertz CT molecular complexity index is 1220. The molecule has 0 aromatic heterocycles. The van der Waals surface area contributed by atoms with Gasteiger partial charge in [0.15, 0.2) is 6.29 Å². The Morgan fingerprint density at radius 2 is 0.819 bits per heavy atom. The fraction of sp³-hybridized carbons (Fsp3) is 0.918. The summed E-state index contributed by atoms with van der Waals surface area (Å²) in [5.74, 6) is -0.703. The van der Waals surface area contributed by atoms with Crippen molar-refractivity contribution in [1.29, 1.82) is 0 Å². The maximum atomic E-state index is 13.2. The minimum atomic E-state index is -1.67. The van der Waals surface area contributed by atoms with Crippen molar-refractivity contribution >= 4 is 5.91 Å². The molecule has 0 radical (unpaired) electrons. The molecule has 0 aromatic carbocycles. The van der Waals surface area contributed by atoms with Crippen LogP contribution in [0.1, 0.15) is 290 Å². The number of unbranched alkanes of at least 4 members (excludes halogenated alkanes) is 37. The number of aliphatic hydroxyl groups is 7. The van der Waals surface area contributed by atoms with Crippen molar-refractivity contribution in [1.82, 2.24) is 5.32 Å². The van der Waals surface area contributed by atoms with Crippen molar-refractivity contribution in [3.8, 4) is 0 Å². The second-order valence-electron chi connectivity index (χ2n) is 21.8. The molecule has 0 spiro atoms. The van der Waals surface area contributed by atoms with E-state index in [1.165, 1.54) is 212 Å². The third kappa shape index (κ3) is 38.2. The molecule has 426 valence electrons. The Morgan fingerprint density at radius 1 is 0.472 bits per heavy atom. The molecule has 1 aliphatic heterocycles. The highest BCUT2D eigenvalue weighted by atomic mass is 16.7. The number of aliphatic hydroxyl groups excluding tert-OH is 7. The molecule has 9 unspecified atom stereocenters. The Labute approximate surface area is 442 Å². The van der Waals surface area contributed by atoms with Gasteiger partial charge in [-0.1, -0.05) is 250 Å². The van der Waals surface area contributed by atoms with E-state index in [-0.39, 0.29) is 12.8 Å². The van der Waals surface area contributed by atoms with E-state index in [1.54, 1.807) is 0 Å². The fourth-order valence-corrected chi connectivity index (χ4v) is 9.97. The number of amides is 1. The standard InChI is InChI=1S/C61H117NO10/c1-3-5-7-9-11-13-15-17-19-20-21-22-23-24-25-26-27-28-29-30-31-32-33-35-37-39-41-43-45-47-49-54(65)60(70)62-52(51-71-61-59(69)58(68)57(67)55(50-63)72-61)56(66)53(64)48-46-44-42-40-38-36-34-18-16-14-12-10-8-6-4-2/h24-25,40,42,52-59,61,63-69H,3-23,26-39,41,43-51H2,1-2H3,(H,62,70)/b25-24-,42-40+. The average molecular weight is 1020 g/mol. The molecule has 1 saturated heterocycles. The van der Waals surface area contributed by atoms with Crippen LogP contribution in [0.25, 0.3) is 0 Å². The van der Waals surface area contributed by atoms with Gasteiger partial charge in [-0.05, 0) is 64.2 Å². The zero-order valence-corrected chi connectivity index (χ0v) is 46.7. The SMILES string of the molecule is CCCCCCCCCCCC/C=C/CCCC(O)C(O)C(COC1OC(CO)C(O)C(O)C1O)NC(=O)C(O)CCCCCCCCCCCCCCCC/C=C\CCCCCCCCCCCCCC. The van der Waals surface area contributed by atoms with Gasteiger partial charge in [0.25, 0.3) is 0 Å². The summed E-state index contributed by atoms with van der Waals surface area (Å²) in [5, 5.41) is 76.1. The second kappa shape index (κ2) is 50.4. The van der Waals surface area contributed by atoms with E-state index in [9.17, 15) is 40.5 Å². The molecule has 11 heteroatoms. The van der Waals surface area contributed by atoms with Gasteiger partial charge >= 0.3 is 0 Å². The maximum Gasteiger partial charge on any atom is 0.249 e. The first kappa shape index (κ1) is 68.6. The molecule has 0 saturated carbocycles. The van der Waals surface area contributed by atoms with Crippen molar-refractivity contribution in [2.24, 2.45) is 0 Å². The molecule has 1 aliphatic rings. The lowest BCUT2D eigenvalue weighted by molar-refractivity contribution is -0.303. The van der Waals surface area contributed by atoms with E-state index < -0.39 is 74.2 Å². The number of hydrogen-bond acceptors (Lipinski definition) is 10. The van der Waals surface area contributed by atoms with Crippen molar-refractivity contribution in [3.63, 3.8) is 0 Å². The van der Waals surface area contributed by atoms with E-state index in [0.29, 0.717) is 12.8 Å². The van der Waals surface area contributed by atoms with Gasteiger partial charge in [-0.25, -0.2) is 0 Å². The molecule has 0 aliphatic carbocycles. The zero-order chi connectivity index (χ0) is 52.5. The van der Waals surface area contributed by atoms with Crippen LogP contribution in [0.3, 0.4) is 0 Å². The van der Waals surface area contributed by atoms with Crippen molar-refractivity contribution in [2.45, 2.75) is 345 Å². The molecule has 11 nitrogen and oxygen atoms in total.